The van der Waals surface area contributed by atoms with Crippen molar-refractivity contribution in [3.63, 3.8) is 0 Å². The molecule has 3 heteroatoms. The molecule has 0 saturated heterocycles. The molecule has 1 atom stereocenters. The van der Waals surface area contributed by atoms with Gasteiger partial charge in [0.2, 0.25) is 0 Å². The highest BCUT2D eigenvalue weighted by Gasteiger charge is 2.25. The molecule has 0 bridgehead atoms. The summed E-state index contributed by atoms with van der Waals surface area (Å²) < 4.78 is 11.0. The third-order valence-corrected chi connectivity index (χ3v) is 4.72. The molecule has 0 fully saturated rings. The molecular weight excluding hydrogens is 286 g/mol. The van der Waals surface area contributed by atoms with Gasteiger partial charge in [0.05, 0.1) is 14.2 Å². The molecule has 0 spiro atoms. The van der Waals surface area contributed by atoms with Crippen molar-refractivity contribution >= 4 is 0 Å². The predicted molar refractivity (Wildman–Crippen MR) is 93.8 cm³/mol. The second-order valence-electron chi connectivity index (χ2n) is 6.38. The molecule has 23 heavy (non-hydrogen) atoms. The van der Waals surface area contributed by atoms with Gasteiger partial charge in [-0.2, -0.15) is 0 Å². The predicted octanol–water partition coefficient (Wildman–Crippen LogP) is 3.63. The van der Waals surface area contributed by atoms with Crippen LogP contribution in [0.2, 0.25) is 0 Å². The van der Waals surface area contributed by atoms with Gasteiger partial charge in [0.1, 0.15) is 0 Å². The van der Waals surface area contributed by atoms with Crippen molar-refractivity contribution in [3.05, 3.63) is 58.7 Å². The molecule has 0 aliphatic carbocycles. The maximum atomic E-state index is 5.54. The zero-order valence-corrected chi connectivity index (χ0v) is 14.4. The Labute approximate surface area is 138 Å². The normalized spacial score (nSPS) is 18.2. The van der Waals surface area contributed by atoms with Crippen LogP contribution in [0.25, 0.3) is 0 Å². The first-order chi connectivity index (χ1) is 11.1. The fourth-order valence-electron chi connectivity index (χ4n) is 3.46. The number of likely N-dealkylation sites (N-methyl/N-ethyl adjacent to an activating group) is 1. The van der Waals surface area contributed by atoms with Gasteiger partial charge in [0, 0.05) is 19.0 Å². The highest BCUT2D eigenvalue weighted by Crippen LogP contribution is 2.38. The molecule has 2 aromatic carbocycles. The third kappa shape index (κ3) is 3.20. The van der Waals surface area contributed by atoms with Gasteiger partial charge in [-0.05, 0) is 49.2 Å². The monoisotopic (exact) mass is 311 g/mol. The van der Waals surface area contributed by atoms with Gasteiger partial charge in [0.15, 0.2) is 11.5 Å². The SMILES string of the molecule is COc1cc2c(cc1OC)C(c1cccc(C)c1)CN(C)CC2. The van der Waals surface area contributed by atoms with Crippen molar-refractivity contribution in [1.29, 1.82) is 0 Å². The Morgan fingerprint density at radius 2 is 1.78 bits per heavy atom. The first-order valence-electron chi connectivity index (χ1n) is 8.12. The van der Waals surface area contributed by atoms with Gasteiger partial charge < -0.3 is 14.4 Å². The lowest BCUT2D eigenvalue weighted by atomic mass is 9.87. The average molecular weight is 311 g/mol. The summed E-state index contributed by atoms with van der Waals surface area (Å²) in [5.74, 6) is 1.99. The molecule has 1 aliphatic rings. The Balaban J connectivity index is 2.13. The number of ether oxygens (including phenoxy) is 2. The van der Waals surface area contributed by atoms with E-state index in [0.717, 1.165) is 31.0 Å². The first kappa shape index (κ1) is 15.9. The Morgan fingerprint density at radius 1 is 1.04 bits per heavy atom. The molecule has 1 heterocycles. The fraction of sp³-hybridized carbons (Fsp3) is 0.400. The van der Waals surface area contributed by atoms with Crippen LogP contribution in [0.15, 0.2) is 36.4 Å². The minimum atomic E-state index is 0.359. The molecule has 122 valence electrons. The van der Waals surface area contributed by atoms with E-state index in [-0.39, 0.29) is 0 Å². The van der Waals surface area contributed by atoms with Crippen LogP contribution in [-0.4, -0.2) is 39.3 Å². The first-order valence-corrected chi connectivity index (χ1v) is 8.12. The number of aryl methyl sites for hydroxylation is 1. The molecular formula is C20H25NO2. The van der Waals surface area contributed by atoms with Crippen LogP contribution in [-0.2, 0) is 6.42 Å². The van der Waals surface area contributed by atoms with Crippen LogP contribution in [0.5, 0.6) is 11.5 Å². The van der Waals surface area contributed by atoms with E-state index < -0.39 is 0 Å². The van der Waals surface area contributed by atoms with E-state index in [2.05, 4.69) is 55.3 Å². The fourth-order valence-corrected chi connectivity index (χ4v) is 3.46. The van der Waals surface area contributed by atoms with Crippen molar-refractivity contribution < 1.29 is 9.47 Å². The topological polar surface area (TPSA) is 21.7 Å². The zero-order chi connectivity index (χ0) is 16.4. The summed E-state index contributed by atoms with van der Waals surface area (Å²) in [6.45, 7) is 4.23. The second kappa shape index (κ2) is 6.63. The van der Waals surface area contributed by atoms with Crippen LogP contribution < -0.4 is 9.47 Å². The molecule has 0 amide bonds. The minimum absolute atomic E-state index is 0.359. The molecule has 0 saturated carbocycles. The molecule has 1 unspecified atom stereocenters. The standard InChI is InChI=1S/C20H25NO2/c1-14-6-5-7-15(10-14)18-13-21(2)9-8-16-11-19(22-3)20(23-4)12-17(16)18/h5-7,10-12,18H,8-9,13H2,1-4H3. The van der Waals surface area contributed by atoms with E-state index in [0.29, 0.717) is 5.92 Å². The van der Waals surface area contributed by atoms with E-state index in [1.807, 2.05) is 0 Å². The lowest BCUT2D eigenvalue weighted by molar-refractivity contribution is 0.338. The van der Waals surface area contributed by atoms with Crippen LogP contribution >= 0.6 is 0 Å². The van der Waals surface area contributed by atoms with Gasteiger partial charge in [-0.15, -0.1) is 0 Å². The smallest absolute Gasteiger partial charge is 0.161 e. The van der Waals surface area contributed by atoms with Gasteiger partial charge in [0.25, 0.3) is 0 Å². The second-order valence-corrected chi connectivity index (χ2v) is 6.38. The van der Waals surface area contributed by atoms with E-state index in [1.54, 1.807) is 14.2 Å². The zero-order valence-electron chi connectivity index (χ0n) is 14.4. The van der Waals surface area contributed by atoms with E-state index in [4.69, 9.17) is 9.47 Å². The largest absolute Gasteiger partial charge is 0.493 e. The average Bonchev–Trinajstić information content (AvgIpc) is 2.72. The highest BCUT2D eigenvalue weighted by atomic mass is 16.5. The molecule has 0 radical (unpaired) electrons. The van der Waals surface area contributed by atoms with Crippen molar-refractivity contribution in [3.8, 4) is 11.5 Å². The molecule has 0 N–H and O–H groups in total. The molecule has 1 aliphatic heterocycles. The van der Waals surface area contributed by atoms with Crippen LogP contribution in [0.4, 0.5) is 0 Å². The van der Waals surface area contributed by atoms with Crippen LogP contribution in [0.3, 0.4) is 0 Å². The van der Waals surface area contributed by atoms with Crippen molar-refractivity contribution in [2.24, 2.45) is 0 Å². The van der Waals surface area contributed by atoms with Crippen LogP contribution in [0.1, 0.15) is 28.2 Å². The molecule has 0 aromatic heterocycles. The number of methoxy groups -OCH3 is 2. The van der Waals surface area contributed by atoms with Gasteiger partial charge >= 0.3 is 0 Å². The summed E-state index contributed by atoms with van der Waals surface area (Å²) in [7, 11) is 5.60. The quantitative estimate of drug-likeness (QED) is 0.864. The van der Waals surface area contributed by atoms with Crippen molar-refractivity contribution in [2.75, 3.05) is 34.4 Å². The van der Waals surface area contributed by atoms with Crippen molar-refractivity contribution in [1.82, 2.24) is 4.90 Å². The summed E-state index contributed by atoms with van der Waals surface area (Å²) in [5, 5.41) is 0. The van der Waals surface area contributed by atoms with Crippen molar-refractivity contribution in [2.45, 2.75) is 19.3 Å². The number of hydrogen-bond donors (Lipinski definition) is 0. The minimum Gasteiger partial charge on any atom is -0.493 e. The lowest BCUT2D eigenvalue weighted by Gasteiger charge is -2.23. The Hall–Kier alpha value is -2.00. The number of benzene rings is 2. The summed E-state index contributed by atoms with van der Waals surface area (Å²) in [6, 6.07) is 13.1. The van der Waals surface area contributed by atoms with E-state index in [1.165, 1.54) is 22.3 Å². The summed E-state index contributed by atoms with van der Waals surface area (Å²) in [4.78, 5) is 2.41. The molecule has 3 nitrogen and oxygen atoms in total. The van der Waals surface area contributed by atoms with Gasteiger partial charge in [-0.3, -0.25) is 0 Å². The number of nitrogens with zero attached hydrogens (tertiary/aromatic N) is 1. The lowest BCUT2D eigenvalue weighted by Crippen LogP contribution is -2.24. The summed E-state index contributed by atoms with van der Waals surface area (Å²) >= 11 is 0. The maximum Gasteiger partial charge on any atom is 0.161 e. The Morgan fingerprint density at radius 3 is 2.48 bits per heavy atom. The summed E-state index contributed by atoms with van der Waals surface area (Å²) in [6.07, 6.45) is 1.04. The Bertz CT molecular complexity index is 696. The molecule has 3 rings (SSSR count). The number of fused-ring (bicyclic) bond motifs is 1. The van der Waals surface area contributed by atoms with Gasteiger partial charge in [-0.25, -0.2) is 0 Å². The third-order valence-electron chi connectivity index (χ3n) is 4.72. The van der Waals surface area contributed by atoms with Gasteiger partial charge in [-0.1, -0.05) is 29.8 Å². The number of rotatable bonds is 3. The molecule has 2 aromatic rings. The Kier molecular flexibility index (Phi) is 4.58. The number of hydrogen-bond acceptors (Lipinski definition) is 3. The maximum absolute atomic E-state index is 5.54. The van der Waals surface area contributed by atoms with E-state index in [9.17, 15) is 0 Å². The van der Waals surface area contributed by atoms with E-state index >= 15 is 0 Å². The van der Waals surface area contributed by atoms with Crippen LogP contribution in [0, 0.1) is 6.92 Å². The highest BCUT2D eigenvalue weighted by molar-refractivity contribution is 5.51. The summed E-state index contributed by atoms with van der Waals surface area (Å²) in [5.41, 5.74) is 5.39.